The van der Waals surface area contributed by atoms with E-state index < -0.39 is 15.8 Å². The van der Waals surface area contributed by atoms with Gasteiger partial charge < -0.3 is 4.74 Å². The third-order valence-corrected chi connectivity index (χ3v) is 6.63. The zero-order chi connectivity index (χ0) is 18.7. The van der Waals surface area contributed by atoms with Gasteiger partial charge in [-0.1, -0.05) is 0 Å². The van der Waals surface area contributed by atoms with Crippen molar-refractivity contribution in [3.8, 4) is 5.88 Å². The molecule has 0 N–H and O–H groups in total. The highest BCUT2D eigenvalue weighted by molar-refractivity contribution is 7.89. The molecular formula is C18H22FN3O3S. The molecule has 0 spiro atoms. The zero-order valence-electron chi connectivity index (χ0n) is 14.9. The van der Waals surface area contributed by atoms with Gasteiger partial charge in [-0.2, -0.15) is 9.40 Å². The molecule has 6 nitrogen and oxygen atoms in total. The molecule has 2 aromatic rings. The zero-order valence-corrected chi connectivity index (χ0v) is 15.7. The maximum atomic E-state index is 13.2. The number of aromatic nitrogens is 2. The molecule has 1 fully saturated rings. The molecule has 3 rings (SSSR count). The summed E-state index contributed by atoms with van der Waals surface area (Å²) in [5.41, 5.74) is 1.25. The number of sulfonamides is 1. The summed E-state index contributed by atoms with van der Waals surface area (Å²) in [5.74, 6) is 0.308. The normalized spacial score (nSPS) is 16.6. The Labute approximate surface area is 153 Å². The number of hydrogen-bond acceptors (Lipinski definition) is 5. The van der Waals surface area contributed by atoms with E-state index in [0.29, 0.717) is 44.0 Å². The molecule has 0 radical (unpaired) electrons. The van der Waals surface area contributed by atoms with Crippen LogP contribution in [0.1, 0.15) is 24.1 Å². The number of aryl methyl sites for hydroxylation is 2. The first-order valence-corrected chi connectivity index (χ1v) is 10.00. The van der Waals surface area contributed by atoms with E-state index in [1.807, 2.05) is 13.0 Å². The third kappa shape index (κ3) is 4.19. The van der Waals surface area contributed by atoms with Gasteiger partial charge in [-0.05, 0) is 62.4 Å². The third-order valence-electron chi connectivity index (χ3n) is 4.57. The van der Waals surface area contributed by atoms with E-state index in [4.69, 9.17) is 4.74 Å². The predicted molar refractivity (Wildman–Crippen MR) is 94.9 cm³/mol. The van der Waals surface area contributed by atoms with Crippen molar-refractivity contribution in [3.63, 3.8) is 0 Å². The quantitative estimate of drug-likeness (QED) is 0.799. The van der Waals surface area contributed by atoms with Gasteiger partial charge in [0, 0.05) is 19.2 Å². The molecule has 1 aromatic heterocycles. The Hall–Kier alpha value is -2.06. The molecule has 0 saturated carbocycles. The molecule has 1 saturated heterocycles. The topological polar surface area (TPSA) is 72.4 Å². The summed E-state index contributed by atoms with van der Waals surface area (Å²) >= 11 is 0. The predicted octanol–water partition coefficient (Wildman–Crippen LogP) is 2.71. The Morgan fingerprint density at radius 3 is 2.50 bits per heavy atom. The van der Waals surface area contributed by atoms with Crippen LogP contribution in [0.5, 0.6) is 5.88 Å². The average molecular weight is 379 g/mol. The number of rotatable bonds is 5. The van der Waals surface area contributed by atoms with Gasteiger partial charge in [-0.15, -0.1) is 5.10 Å². The average Bonchev–Trinajstić information content (AvgIpc) is 2.61. The van der Waals surface area contributed by atoms with Crippen LogP contribution in [0.4, 0.5) is 4.39 Å². The molecule has 140 valence electrons. The van der Waals surface area contributed by atoms with E-state index in [1.165, 1.54) is 22.5 Å². The first-order chi connectivity index (χ1) is 12.4. The molecule has 0 bridgehead atoms. The number of benzene rings is 1. The van der Waals surface area contributed by atoms with Crippen LogP contribution in [0.25, 0.3) is 0 Å². The number of nitrogens with zero attached hydrogens (tertiary/aromatic N) is 3. The molecule has 2 heterocycles. The van der Waals surface area contributed by atoms with Gasteiger partial charge >= 0.3 is 0 Å². The van der Waals surface area contributed by atoms with Crippen molar-refractivity contribution in [2.45, 2.75) is 31.6 Å². The van der Waals surface area contributed by atoms with E-state index in [0.717, 1.165) is 5.69 Å². The van der Waals surface area contributed by atoms with E-state index in [2.05, 4.69) is 10.2 Å². The number of hydrogen-bond donors (Lipinski definition) is 0. The van der Waals surface area contributed by atoms with Crippen molar-refractivity contribution in [1.29, 1.82) is 0 Å². The Morgan fingerprint density at radius 1 is 1.15 bits per heavy atom. The van der Waals surface area contributed by atoms with Crippen molar-refractivity contribution in [2.24, 2.45) is 5.92 Å². The smallest absolute Gasteiger partial charge is 0.243 e. The minimum absolute atomic E-state index is 0.170. The molecule has 0 amide bonds. The fraction of sp³-hybridized carbons (Fsp3) is 0.444. The molecule has 0 unspecified atom stereocenters. The van der Waals surface area contributed by atoms with E-state index >= 15 is 0 Å². The van der Waals surface area contributed by atoms with Crippen molar-refractivity contribution >= 4 is 10.0 Å². The first-order valence-electron chi connectivity index (χ1n) is 8.55. The number of halogens is 1. The summed E-state index contributed by atoms with van der Waals surface area (Å²) in [7, 11) is -3.60. The van der Waals surface area contributed by atoms with Crippen molar-refractivity contribution in [3.05, 3.63) is 47.4 Å². The van der Waals surface area contributed by atoms with Crippen LogP contribution in [0.15, 0.2) is 35.2 Å². The summed E-state index contributed by atoms with van der Waals surface area (Å²) < 4.78 is 45.9. The van der Waals surface area contributed by atoms with Crippen molar-refractivity contribution in [1.82, 2.24) is 14.5 Å². The molecule has 1 aromatic carbocycles. The minimum atomic E-state index is -3.60. The van der Waals surface area contributed by atoms with Crippen LogP contribution in [-0.2, 0) is 10.0 Å². The van der Waals surface area contributed by atoms with Gasteiger partial charge in [-0.3, -0.25) is 0 Å². The molecule has 0 atom stereocenters. The monoisotopic (exact) mass is 379 g/mol. The van der Waals surface area contributed by atoms with Gasteiger partial charge in [0.05, 0.1) is 17.2 Å². The lowest BCUT2D eigenvalue weighted by Gasteiger charge is -2.31. The SMILES string of the molecule is Cc1ccc(OCC2CCN(S(=O)(=O)c3ccc(F)cc3C)CC2)nn1. The molecular weight excluding hydrogens is 357 g/mol. The van der Waals surface area contributed by atoms with Gasteiger partial charge in [0.1, 0.15) is 5.82 Å². The Morgan fingerprint density at radius 2 is 1.88 bits per heavy atom. The lowest BCUT2D eigenvalue weighted by atomic mass is 9.99. The summed E-state index contributed by atoms with van der Waals surface area (Å²) in [6.07, 6.45) is 1.41. The number of piperidine rings is 1. The van der Waals surface area contributed by atoms with E-state index in [-0.39, 0.29) is 10.8 Å². The van der Waals surface area contributed by atoms with Gasteiger partial charge in [0.15, 0.2) is 0 Å². The molecule has 8 heteroatoms. The van der Waals surface area contributed by atoms with E-state index in [9.17, 15) is 12.8 Å². The standard InChI is InChI=1S/C18H22FN3O3S/c1-13-11-16(19)4-5-17(13)26(23,24)22-9-7-15(8-10-22)12-25-18-6-3-14(2)20-21-18/h3-6,11,15H,7-10,12H2,1-2H3. The van der Waals surface area contributed by atoms with Crippen LogP contribution in [-0.4, -0.2) is 42.6 Å². The van der Waals surface area contributed by atoms with Crippen LogP contribution in [0, 0.1) is 25.6 Å². The lowest BCUT2D eigenvalue weighted by molar-refractivity contribution is 0.180. The van der Waals surface area contributed by atoms with Gasteiger partial charge in [0.2, 0.25) is 15.9 Å². The Kier molecular flexibility index (Phi) is 5.52. The minimum Gasteiger partial charge on any atom is -0.476 e. The number of ether oxygens (including phenoxy) is 1. The maximum Gasteiger partial charge on any atom is 0.243 e. The first kappa shape index (κ1) is 18.7. The fourth-order valence-electron chi connectivity index (χ4n) is 3.02. The summed E-state index contributed by atoms with van der Waals surface area (Å²) in [6, 6.07) is 7.38. The second kappa shape index (κ2) is 7.67. The lowest BCUT2D eigenvalue weighted by Crippen LogP contribution is -2.39. The fourth-order valence-corrected chi connectivity index (χ4v) is 4.70. The van der Waals surface area contributed by atoms with Gasteiger partial charge in [0.25, 0.3) is 0 Å². The highest BCUT2D eigenvalue weighted by Crippen LogP contribution is 2.26. The Bertz CT molecular complexity index is 864. The molecule has 0 aliphatic carbocycles. The molecule has 1 aliphatic heterocycles. The second-order valence-electron chi connectivity index (χ2n) is 6.58. The summed E-state index contributed by atoms with van der Waals surface area (Å²) in [6.45, 7) is 4.80. The van der Waals surface area contributed by atoms with Crippen molar-refractivity contribution < 1.29 is 17.5 Å². The summed E-state index contributed by atoms with van der Waals surface area (Å²) in [5, 5.41) is 7.91. The maximum absolute atomic E-state index is 13.2. The second-order valence-corrected chi connectivity index (χ2v) is 8.49. The highest BCUT2D eigenvalue weighted by Gasteiger charge is 2.30. The molecule has 26 heavy (non-hydrogen) atoms. The highest BCUT2D eigenvalue weighted by atomic mass is 32.2. The van der Waals surface area contributed by atoms with Crippen LogP contribution < -0.4 is 4.74 Å². The Balaban J connectivity index is 1.58. The molecule has 1 aliphatic rings. The van der Waals surface area contributed by atoms with Crippen LogP contribution in [0.3, 0.4) is 0 Å². The van der Waals surface area contributed by atoms with Gasteiger partial charge in [-0.25, -0.2) is 12.8 Å². The van der Waals surface area contributed by atoms with Crippen LogP contribution >= 0.6 is 0 Å². The van der Waals surface area contributed by atoms with Crippen LogP contribution in [0.2, 0.25) is 0 Å². The summed E-state index contributed by atoms with van der Waals surface area (Å²) in [4.78, 5) is 0.170. The van der Waals surface area contributed by atoms with Crippen molar-refractivity contribution in [2.75, 3.05) is 19.7 Å². The van der Waals surface area contributed by atoms with E-state index in [1.54, 1.807) is 13.0 Å². The largest absolute Gasteiger partial charge is 0.476 e.